The van der Waals surface area contributed by atoms with Gasteiger partial charge in [0.2, 0.25) is 18.6 Å². The lowest BCUT2D eigenvalue weighted by molar-refractivity contribution is -0.157. The van der Waals surface area contributed by atoms with Gasteiger partial charge in [-0.05, 0) is 56.6 Å². The van der Waals surface area contributed by atoms with Gasteiger partial charge in [-0.3, -0.25) is 9.59 Å². The summed E-state index contributed by atoms with van der Waals surface area (Å²) in [5, 5.41) is 1.13. The summed E-state index contributed by atoms with van der Waals surface area (Å²) in [6.45, 7) is 2.58. The molecule has 0 bridgehead atoms. The van der Waals surface area contributed by atoms with E-state index in [0.717, 1.165) is 52.3 Å². The van der Waals surface area contributed by atoms with Gasteiger partial charge in [0.25, 0.3) is 0 Å². The third-order valence-electron chi connectivity index (χ3n) is 8.44. The molecule has 0 saturated carbocycles. The molecule has 3 aromatic rings. The minimum atomic E-state index is -0.434. The second-order valence-corrected chi connectivity index (χ2v) is 10.4. The number of nitrogens with zero attached hydrogens (tertiary/aromatic N) is 4. The molecule has 8 heteroatoms. The highest BCUT2D eigenvalue weighted by molar-refractivity contribution is 5.97. The summed E-state index contributed by atoms with van der Waals surface area (Å²) in [6, 6.07) is 14.3. The molecule has 0 aliphatic carbocycles. The summed E-state index contributed by atoms with van der Waals surface area (Å²) >= 11 is 0. The summed E-state index contributed by atoms with van der Waals surface area (Å²) in [7, 11) is 2.15. The maximum atomic E-state index is 13.6. The van der Waals surface area contributed by atoms with Gasteiger partial charge in [0.15, 0.2) is 11.5 Å². The molecule has 2 fully saturated rings. The lowest BCUT2D eigenvalue weighted by Gasteiger charge is -2.43. The fourth-order valence-corrected chi connectivity index (χ4v) is 6.51. The van der Waals surface area contributed by atoms with Gasteiger partial charge in [-0.15, -0.1) is 0 Å². The molecule has 5 heterocycles. The Morgan fingerprint density at radius 3 is 2.75 bits per heavy atom. The summed E-state index contributed by atoms with van der Waals surface area (Å²) in [5.41, 5.74) is 4.26. The van der Waals surface area contributed by atoms with Crippen LogP contribution >= 0.6 is 0 Å². The fourth-order valence-electron chi connectivity index (χ4n) is 6.51. The van der Waals surface area contributed by atoms with E-state index in [4.69, 9.17) is 9.47 Å². The van der Waals surface area contributed by atoms with Crippen molar-refractivity contribution in [1.29, 1.82) is 0 Å². The highest BCUT2D eigenvalue weighted by Gasteiger charge is 2.44. The van der Waals surface area contributed by atoms with E-state index in [1.54, 1.807) is 9.80 Å². The summed E-state index contributed by atoms with van der Waals surface area (Å²) in [6.07, 6.45) is 3.85. The van der Waals surface area contributed by atoms with Crippen molar-refractivity contribution in [2.24, 2.45) is 0 Å². The molecule has 0 spiro atoms. The molecule has 7 rings (SSSR count). The molecule has 4 aliphatic heterocycles. The summed E-state index contributed by atoms with van der Waals surface area (Å²) in [5.74, 6) is 1.58. The number of carbonyl (C=O) groups excluding carboxylic acids is 2. The van der Waals surface area contributed by atoms with Crippen LogP contribution in [0.15, 0.2) is 42.5 Å². The van der Waals surface area contributed by atoms with Crippen LogP contribution in [0.2, 0.25) is 0 Å². The number of rotatable bonds is 4. The summed E-state index contributed by atoms with van der Waals surface area (Å²) in [4.78, 5) is 32.9. The quantitative estimate of drug-likeness (QED) is 0.567. The first-order valence-electron chi connectivity index (χ1n) is 12.9. The van der Waals surface area contributed by atoms with Gasteiger partial charge in [0, 0.05) is 41.8 Å². The Balaban J connectivity index is 1.23. The van der Waals surface area contributed by atoms with E-state index in [-0.39, 0.29) is 25.2 Å². The highest BCUT2D eigenvalue weighted by atomic mass is 16.7. The highest BCUT2D eigenvalue weighted by Crippen LogP contribution is 2.40. The number of piperazine rings is 1. The first-order valence-corrected chi connectivity index (χ1v) is 12.9. The van der Waals surface area contributed by atoms with Crippen LogP contribution in [0.5, 0.6) is 11.5 Å². The van der Waals surface area contributed by atoms with Crippen LogP contribution in [0.3, 0.4) is 0 Å². The Morgan fingerprint density at radius 2 is 1.89 bits per heavy atom. The monoisotopic (exact) mass is 486 g/mol. The smallest absolute Gasteiger partial charge is 0.246 e. The van der Waals surface area contributed by atoms with Gasteiger partial charge in [0.1, 0.15) is 6.04 Å². The number of fused-ring (bicyclic) bond motifs is 5. The van der Waals surface area contributed by atoms with Gasteiger partial charge in [0.05, 0.1) is 18.6 Å². The Labute approximate surface area is 210 Å². The molecular weight excluding hydrogens is 456 g/mol. The predicted octanol–water partition coefficient (Wildman–Crippen LogP) is 2.94. The first kappa shape index (κ1) is 21.7. The van der Waals surface area contributed by atoms with E-state index < -0.39 is 6.04 Å². The van der Waals surface area contributed by atoms with Gasteiger partial charge in [-0.1, -0.05) is 18.2 Å². The molecule has 1 aromatic heterocycles. The van der Waals surface area contributed by atoms with Crippen LogP contribution in [-0.4, -0.2) is 76.6 Å². The van der Waals surface area contributed by atoms with E-state index in [9.17, 15) is 9.59 Å². The van der Waals surface area contributed by atoms with Crippen LogP contribution in [0.4, 0.5) is 0 Å². The molecule has 2 atom stereocenters. The van der Waals surface area contributed by atoms with E-state index in [2.05, 4.69) is 28.6 Å². The van der Waals surface area contributed by atoms with Crippen LogP contribution in [0, 0.1) is 0 Å². The number of para-hydroxylation sites is 1. The maximum absolute atomic E-state index is 13.6. The third-order valence-corrected chi connectivity index (χ3v) is 8.44. The summed E-state index contributed by atoms with van der Waals surface area (Å²) < 4.78 is 13.4. The molecule has 2 unspecified atom stereocenters. The maximum Gasteiger partial charge on any atom is 0.246 e. The molecule has 2 saturated heterocycles. The van der Waals surface area contributed by atoms with E-state index in [1.807, 2.05) is 30.3 Å². The van der Waals surface area contributed by atoms with Crippen LogP contribution in [0.1, 0.15) is 30.5 Å². The predicted molar refractivity (Wildman–Crippen MR) is 134 cm³/mol. The molecule has 0 radical (unpaired) electrons. The standard InChI is InChI=1S/C28H30N4O4/c1-29-11-4-5-18(29)10-12-30-16-27(33)31-15-24-21(14-23(31)28(30)34)20-6-2-3-7-22(20)32(24)19-8-9-25-26(13-19)36-17-35-25/h2-3,6-9,13,18,23H,4-5,10-12,14-17H2,1H3. The molecule has 8 nitrogen and oxygen atoms in total. The van der Waals surface area contributed by atoms with Gasteiger partial charge in [-0.2, -0.15) is 0 Å². The van der Waals surface area contributed by atoms with E-state index in [1.165, 1.54) is 12.8 Å². The number of hydrogen-bond acceptors (Lipinski definition) is 5. The number of likely N-dealkylation sites (tertiary alicyclic amines) is 1. The second-order valence-electron chi connectivity index (χ2n) is 10.4. The Hall–Kier alpha value is -3.52. The molecule has 4 aliphatic rings. The number of carbonyl (C=O) groups is 2. The molecule has 2 amide bonds. The molecular formula is C28H30N4O4. The topological polar surface area (TPSA) is 67.2 Å². The zero-order valence-electron chi connectivity index (χ0n) is 20.5. The fraction of sp³-hybridized carbons (Fsp3) is 0.429. The van der Waals surface area contributed by atoms with Crippen molar-refractivity contribution in [2.75, 3.05) is 33.5 Å². The molecule has 36 heavy (non-hydrogen) atoms. The zero-order valence-corrected chi connectivity index (χ0v) is 20.5. The minimum absolute atomic E-state index is 0.0347. The zero-order chi connectivity index (χ0) is 24.4. The lowest BCUT2D eigenvalue weighted by atomic mass is 9.93. The van der Waals surface area contributed by atoms with Crippen molar-refractivity contribution in [2.45, 2.75) is 44.3 Å². The van der Waals surface area contributed by atoms with Crippen molar-refractivity contribution in [3.63, 3.8) is 0 Å². The number of amides is 2. The third kappa shape index (κ3) is 3.31. The van der Waals surface area contributed by atoms with Gasteiger partial charge < -0.3 is 28.7 Å². The van der Waals surface area contributed by atoms with Crippen LogP contribution in [-0.2, 0) is 22.6 Å². The molecule has 186 valence electrons. The number of benzene rings is 2. The number of ether oxygens (including phenoxy) is 2. The van der Waals surface area contributed by atoms with Crippen molar-refractivity contribution in [3.05, 3.63) is 53.7 Å². The first-order chi connectivity index (χ1) is 17.6. The Kier molecular flexibility index (Phi) is 4.99. The molecule has 0 N–H and O–H groups in total. The Bertz CT molecular complexity index is 1380. The lowest BCUT2D eigenvalue weighted by Crippen LogP contribution is -2.61. The van der Waals surface area contributed by atoms with Crippen molar-refractivity contribution in [3.8, 4) is 17.2 Å². The second kappa shape index (κ2) is 8.27. The van der Waals surface area contributed by atoms with Gasteiger partial charge >= 0.3 is 0 Å². The number of aromatic nitrogens is 1. The van der Waals surface area contributed by atoms with Crippen LogP contribution < -0.4 is 9.47 Å². The SMILES string of the molecule is CN1CCCC1CCN1CC(=O)N2Cc3c(c4ccccc4n3-c3ccc4c(c3)OCO4)CC2C1=O. The van der Waals surface area contributed by atoms with E-state index >= 15 is 0 Å². The average molecular weight is 487 g/mol. The van der Waals surface area contributed by atoms with Crippen LogP contribution in [0.25, 0.3) is 16.6 Å². The molecule has 2 aromatic carbocycles. The Morgan fingerprint density at radius 1 is 1.03 bits per heavy atom. The van der Waals surface area contributed by atoms with E-state index in [0.29, 0.717) is 25.6 Å². The largest absolute Gasteiger partial charge is 0.454 e. The minimum Gasteiger partial charge on any atom is -0.454 e. The van der Waals surface area contributed by atoms with Crippen molar-refractivity contribution >= 4 is 22.7 Å². The normalized spacial score (nSPS) is 23.5. The van der Waals surface area contributed by atoms with Gasteiger partial charge in [-0.25, -0.2) is 0 Å². The average Bonchev–Trinajstić information content (AvgIpc) is 3.61. The van der Waals surface area contributed by atoms with Crippen molar-refractivity contribution < 1.29 is 19.1 Å². The number of hydrogen-bond donors (Lipinski definition) is 0. The van der Waals surface area contributed by atoms with Crippen molar-refractivity contribution in [1.82, 2.24) is 19.3 Å².